The molecule has 5 aromatic rings. The lowest BCUT2D eigenvalue weighted by Crippen LogP contribution is -2.03. The molecule has 2 aromatic carbocycles. The minimum Gasteiger partial charge on any atom is -0.422 e. The van der Waals surface area contributed by atoms with Crippen LogP contribution in [0.1, 0.15) is 22.5 Å². The second kappa shape index (κ2) is 6.70. The molecular formula is C22H18N4O2S. The maximum atomic E-state index is 12.2. The van der Waals surface area contributed by atoms with Crippen LogP contribution in [-0.4, -0.2) is 19.6 Å². The van der Waals surface area contributed by atoms with E-state index in [1.54, 1.807) is 10.6 Å². The van der Waals surface area contributed by atoms with E-state index in [9.17, 15) is 4.79 Å². The normalized spacial score (nSPS) is 11.7. The molecule has 0 saturated heterocycles. The van der Waals surface area contributed by atoms with Gasteiger partial charge >= 0.3 is 5.63 Å². The molecule has 3 aromatic heterocycles. The van der Waals surface area contributed by atoms with E-state index >= 15 is 0 Å². The van der Waals surface area contributed by atoms with Gasteiger partial charge in [-0.2, -0.15) is 4.52 Å². The van der Waals surface area contributed by atoms with E-state index in [4.69, 9.17) is 9.40 Å². The third kappa shape index (κ3) is 2.98. The van der Waals surface area contributed by atoms with Crippen molar-refractivity contribution < 1.29 is 4.42 Å². The number of fused-ring (bicyclic) bond motifs is 4. The van der Waals surface area contributed by atoms with E-state index in [-0.39, 0.29) is 5.63 Å². The molecule has 0 aliphatic rings. The van der Waals surface area contributed by atoms with Gasteiger partial charge in [0, 0.05) is 22.6 Å². The SMILES string of the molecule is Cc1nc2c3ccccc3nc(SCc3cc(=O)oc4c(C)c(C)ccc34)n2n1. The van der Waals surface area contributed by atoms with Crippen molar-refractivity contribution in [2.75, 3.05) is 0 Å². The standard InChI is InChI=1S/C22H18N4O2S/c1-12-8-9-16-15(10-19(27)28-20(16)13(12)2)11-29-22-24-18-7-5-4-6-17(18)21-23-14(3)25-26(21)22/h4-10H,11H2,1-3H3. The Morgan fingerprint density at radius 3 is 2.72 bits per heavy atom. The molecule has 7 heteroatoms. The molecule has 0 spiro atoms. The Balaban J connectivity index is 1.62. The van der Waals surface area contributed by atoms with E-state index in [2.05, 4.69) is 16.1 Å². The Kier molecular flexibility index (Phi) is 4.13. The van der Waals surface area contributed by atoms with Gasteiger partial charge in [-0.1, -0.05) is 36.0 Å². The first-order valence-electron chi connectivity index (χ1n) is 9.29. The summed E-state index contributed by atoms with van der Waals surface area (Å²) in [6, 6.07) is 13.5. The first-order chi connectivity index (χ1) is 14.0. The molecule has 0 fully saturated rings. The van der Waals surface area contributed by atoms with Crippen LogP contribution in [0.25, 0.3) is 27.5 Å². The summed E-state index contributed by atoms with van der Waals surface area (Å²) in [6.45, 7) is 5.86. The van der Waals surface area contributed by atoms with E-state index in [1.807, 2.05) is 51.1 Å². The highest BCUT2D eigenvalue weighted by molar-refractivity contribution is 7.98. The number of benzene rings is 2. The molecule has 0 radical (unpaired) electrons. The summed E-state index contributed by atoms with van der Waals surface area (Å²) in [6.07, 6.45) is 0. The number of aryl methyl sites for hydroxylation is 3. The van der Waals surface area contributed by atoms with E-state index in [0.29, 0.717) is 17.2 Å². The Morgan fingerprint density at radius 2 is 1.86 bits per heavy atom. The van der Waals surface area contributed by atoms with Crippen LogP contribution < -0.4 is 5.63 Å². The molecule has 0 aliphatic carbocycles. The fourth-order valence-corrected chi connectivity index (χ4v) is 4.45. The summed E-state index contributed by atoms with van der Waals surface area (Å²) < 4.78 is 7.27. The van der Waals surface area contributed by atoms with Gasteiger partial charge in [0.05, 0.1) is 5.52 Å². The van der Waals surface area contributed by atoms with Crippen LogP contribution in [0.3, 0.4) is 0 Å². The first kappa shape index (κ1) is 17.9. The first-order valence-corrected chi connectivity index (χ1v) is 10.3. The van der Waals surface area contributed by atoms with Gasteiger partial charge in [0.25, 0.3) is 0 Å². The lowest BCUT2D eigenvalue weighted by Gasteiger charge is -2.09. The van der Waals surface area contributed by atoms with Gasteiger partial charge in [0.15, 0.2) is 10.8 Å². The highest BCUT2D eigenvalue weighted by atomic mass is 32.2. The number of thioether (sulfide) groups is 1. The molecular weight excluding hydrogens is 384 g/mol. The van der Waals surface area contributed by atoms with Crippen molar-refractivity contribution in [3.05, 3.63) is 75.4 Å². The molecule has 6 nitrogen and oxygen atoms in total. The molecule has 5 rings (SSSR count). The molecule has 29 heavy (non-hydrogen) atoms. The molecule has 0 bridgehead atoms. The van der Waals surface area contributed by atoms with Gasteiger partial charge in [-0.05, 0) is 49.6 Å². The Labute approximate surface area is 170 Å². The third-order valence-electron chi connectivity index (χ3n) is 5.13. The van der Waals surface area contributed by atoms with Gasteiger partial charge in [-0.25, -0.2) is 14.8 Å². The number of aromatic nitrogens is 4. The highest BCUT2D eigenvalue weighted by Crippen LogP contribution is 2.30. The van der Waals surface area contributed by atoms with Crippen molar-refractivity contribution in [2.24, 2.45) is 0 Å². The van der Waals surface area contributed by atoms with Gasteiger partial charge < -0.3 is 4.42 Å². The summed E-state index contributed by atoms with van der Waals surface area (Å²) in [5.41, 5.74) is 4.99. The molecule has 0 saturated carbocycles. The van der Waals surface area contributed by atoms with Crippen LogP contribution in [0.15, 0.2) is 56.8 Å². The monoisotopic (exact) mass is 402 g/mol. The van der Waals surface area contributed by atoms with Crippen LogP contribution in [0.4, 0.5) is 0 Å². The fourth-order valence-electron chi connectivity index (χ4n) is 3.51. The number of rotatable bonds is 3. The number of para-hydroxylation sites is 1. The third-order valence-corrected chi connectivity index (χ3v) is 6.11. The highest BCUT2D eigenvalue weighted by Gasteiger charge is 2.14. The minimum atomic E-state index is -0.338. The lowest BCUT2D eigenvalue weighted by molar-refractivity contribution is 0.557. The van der Waals surface area contributed by atoms with Crippen LogP contribution in [0.5, 0.6) is 0 Å². The summed E-state index contributed by atoms with van der Waals surface area (Å²) in [7, 11) is 0. The molecule has 0 amide bonds. The molecule has 0 unspecified atom stereocenters. The van der Waals surface area contributed by atoms with Crippen LogP contribution in [-0.2, 0) is 5.75 Å². The number of hydrogen-bond donors (Lipinski definition) is 0. The fraction of sp³-hybridized carbons (Fsp3) is 0.182. The van der Waals surface area contributed by atoms with Gasteiger partial charge in [0.2, 0.25) is 0 Å². The lowest BCUT2D eigenvalue weighted by atomic mass is 10.0. The van der Waals surface area contributed by atoms with E-state index in [1.165, 1.54) is 11.8 Å². The zero-order chi connectivity index (χ0) is 20.1. The Morgan fingerprint density at radius 1 is 1.03 bits per heavy atom. The average molecular weight is 402 g/mol. The average Bonchev–Trinajstić information content (AvgIpc) is 3.11. The van der Waals surface area contributed by atoms with Crippen molar-refractivity contribution in [3.8, 4) is 0 Å². The molecule has 144 valence electrons. The maximum Gasteiger partial charge on any atom is 0.336 e. The molecule has 3 heterocycles. The van der Waals surface area contributed by atoms with Crippen molar-refractivity contribution in [2.45, 2.75) is 31.7 Å². The summed E-state index contributed by atoms with van der Waals surface area (Å²) in [5.74, 6) is 1.27. The predicted molar refractivity (Wildman–Crippen MR) is 115 cm³/mol. The second-order valence-corrected chi connectivity index (χ2v) is 8.01. The molecule has 0 atom stereocenters. The summed E-state index contributed by atoms with van der Waals surface area (Å²) >= 11 is 1.53. The van der Waals surface area contributed by atoms with Crippen molar-refractivity contribution in [1.82, 2.24) is 19.6 Å². The number of hydrogen-bond acceptors (Lipinski definition) is 6. The summed E-state index contributed by atoms with van der Waals surface area (Å²) in [4.78, 5) is 21.5. The van der Waals surface area contributed by atoms with Crippen molar-refractivity contribution >= 4 is 39.3 Å². The largest absolute Gasteiger partial charge is 0.422 e. The maximum absolute atomic E-state index is 12.2. The topological polar surface area (TPSA) is 73.3 Å². The van der Waals surface area contributed by atoms with Crippen molar-refractivity contribution in [3.63, 3.8) is 0 Å². The molecule has 0 aliphatic heterocycles. The van der Waals surface area contributed by atoms with Crippen molar-refractivity contribution in [1.29, 1.82) is 0 Å². The van der Waals surface area contributed by atoms with E-state index < -0.39 is 0 Å². The predicted octanol–water partition coefficient (Wildman–Crippen LogP) is 4.60. The smallest absolute Gasteiger partial charge is 0.336 e. The summed E-state index contributed by atoms with van der Waals surface area (Å²) in [5, 5.41) is 7.18. The minimum absolute atomic E-state index is 0.338. The quantitative estimate of drug-likeness (QED) is 0.249. The zero-order valence-corrected chi connectivity index (χ0v) is 17.1. The van der Waals surface area contributed by atoms with E-state index in [0.717, 1.165) is 43.8 Å². The van der Waals surface area contributed by atoms with Crippen LogP contribution in [0, 0.1) is 20.8 Å². The van der Waals surface area contributed by atoms with Gasteiger partial charge in [-0.3, -0.25) is 0 Å². The van der Waals surface area contributed by atoms with Gasteiger partial charge in [0.1, 0.15) is 11.4 Å². The Bertz CT molecular complexity index is 1470. The van der Waals surface area contributed by atoms with Gasteiger partial charge in [-0.15, -0.1) is 5.10 Å². The van der Waals surface area contributed by atoms with Crippen LogP contribution in [0.2, 0.25) is 0 Å². The Hall–Kier alpha value is -3.19. The zero-order valence-electron chi connectivity index (χ0n) is 16.3. The number of nitrogens with zero attached hydrogens (tertiary/aromatic N) is 4. The second-order valence-electron chi connectivity index (χ2n) is 7.07. The van der Waals surface area contributed by atoms with Crippen LogP contribution >= 0.6 is 11.8 Å². The molecule has 0 N–H and O–H groups in total.